The van der Waals surface area contributed by atoms with Gasteiger partial charge < -0.3 is 11.9 Å². The van der Waals surface area contributed by atoms with Crippen LogP contribution in [0.1, 0.15) is 111 Å². The highest BCUT2D eigenvalue weighted by molar-refractivity contribution is 7.81. The van der Waals surface area contributed by atoms with Crippen LogP contribution in [0.15, 0.2) is 0 Å². The minimum Gasteiger partial charge on any atom is -0.344 e. The molecule has 0 aliphatic heterocycles. The fourth-order valence-corrected chi connectivity index (χ4v) is 4.58. The Hall–Kier alpha value is -0.210. The Bertz CT molecular complexity index is 442. The smallest absolute Gasteiger partial charge is 0.344 e. The van der Waals surface area contributed by atoms with E-state index in [-0.39, 0.29) is 18.7 Å². The van der Waals surface area contributed by atoms with Crippen molar-refractivity contribution in [1.29, 1.82) is 0 Å². The van der Waals surface area contributed by atoms with Crippen LogP contribution < -0.4 is 11.9 Å². The molecule has 172 valence electrons. The minimum absolute atomic E-state index is 0. The molecular formula is C21H48N2O4S. The van der Waals surface area contributed by atoms with Crippen LogP contribution in [0, 0.1) is 5.92 Å². The summed E-state index contributed by atoms with van der Waals surface area (Å²) in [7, 11) is -3.94. The van der Waals surface area contributed by atoms with E-state index in [1.807, 2.05) is 13.8 Å². The van der Waals surface area contributed by atoms with Crippen molar-refractivity contribution in [2.24, 2.45) is 11.7 Å². The lowest BCUT2D eigenvalue weighted by molar-refractivity contribution is 0.0229. The molecule has 0 aliphatic rings. The number of hydrogen-bond acceptors (Lipinski definition) is 6. The van der Waals surface area contributed by atoms with Gasteiger partial charge in [0.15, 0.2) is 0 Å². The standard InChI is InChI=1S/C21H45NO4S.H3N/c1-5-7-8-9-10-11-12-13-14-15-17-20(18-16-19-22)21(3,4)26-27(23,24)25-6-2;/h20H,5-19,22H2,1-4H3;1H3. The highest BCUT2D eigenvalue weighted by Gasteiger charge is 2.35. The predicted octanol–water partition coefficient (Wildman–Crippen LogP) is 5.89. The average molecular weight is 425 g/mol. The molecule has 0 fully saturated rings. The molecule has 0 saturated carbocycles. The molecule has 0 aromatic heterocycles. The molecule has 0 bridgehead atoms. The zero-order valence-corrected chi connectivity index (χ0v) is 19.8. The van der Waals surface area contributed by atoms with Crippen LogP contribution in [-0.4, -0.2) is 27.2 Å². The largest absolute Gasteiger partial charge is 0.400 e. The van der Waals surface area contributed by atoms with Gasteiger partial charge in [-0.2, -0.15) is 8.42 Å². The lowest BCUT2D eigenvalue weighted by Gasteiger charge is -2.33. The first-order valence-corrected chi connectivity index (χ1v) is 12.4. The third kappa shape index (κ3) is 15.7. The van der Waals surface area contributed by atoms with Crippen LogP contribution in [0.3, 0.4) is 0 Å². The summed E-state index contributed by atoms with van der Waals surface area (Å²) < 4.78 is 33.9. The Labute approximate surface area is 175 Å². The molecule has 0 rings (SSSR count). The molecule has 0 amide bonds. The van der Waals surface area contributed by atoms with Gasteiger partial charge in [0.05, 0.1) is 12.2 Å². The second-order valence-corrected chi connectivity index (χ2v) is 9.32. The van der Waals surface area contributed by atoms with Gasteiger partial charge in [0.2, 0.25) is 0 Å². The molecule has 5 N–H and O–H groups in total. The Balaban J connectivity index is 0. The summed E-state index contributed by atoms with van der Waals surface area (Å²) in [6.45, 7) is 8.29. The molecule has 1 atom stereocenters. The number of nitrogens with two attached hydrogens (primary N) is 1. The van der Waals surface area contributed by atoms with Gasteiger partial charge in [0, 0.05) is 0 Å². The fourth-order valence-electron chi connectivity index (χ4n) is 3.58. The summed E-state index contributed by atoms with van der Waals surface area (Å²) in [6, 6.07) is 0. The monoisotopic (exact) mass is 424 g/mol. The molecule has 1 unspecified atom stereocenters. The highest BCUT2D eigenvalue weighted by atomic mass is 32.3. The highest BCUT2D eigenvalue weighted by Crippen LogP contribution is 2.32. The maximum absolute atomic E-state index is 11.9. The van der Waals surface area contributed by atoms with Gasteiger partial charge in [-0.1, -0.05) is 71.1 Å². The van der Waals surface area contributed by atoms with E-state index in [0.29, 0.717) is 6.54 Å². The summed E-state index contributed by atoms with van der Waals surface area (Å²) in [5.41, 5.74) is 4.89. The van der Waals surface area contributed by atoms with Crippen LogP contribution in [-0.2, 0) is 18.8 Å². The topological polar surface area (TPSA) is 114 Å². The molecule has 6 nitrogen and oxygen atoms in total. The molecule has 0 aliphatic carbocycles. The van der Waals surface area contributed by atoms with Crippen molar-refractivity contribution < 1.29 is 16.8 Å². The van der Waals surface area contributed by atoms with Crippen molar-refractivity contribution in [2.45, 2.75) is 117 Å². The normalized spacial score (nSPS) is 13.3. The van der Waals surface area contributed by atoms with E-state index in [9.17, 15) is 8.42 Å². The lowest BCUT2D eigenvalue weighted by Crippen LogP contribution is -2.37. The Morgan fingerprint density at radius 1 is 0.821 bits per heavy atom. The van der Waals surface area contributed by atoms with Crippen LogP contribution in [0.4, 0.5) is 0 Å². The first-order chi connectivity index (χ1) is 12.8. The Kier molecular flexibility index (Phi) is 18.9. The first-order valence-electron chi connectivity index (χ1n) is 11.1. The molecule has 0 aromatic carbocycles. The number of rotatable bonds is 19. The quantitative estimate of drug-likeness (QED) is 0.250. The maximum Gasteiger partial charge on any atom is 0.400 e. The van der Waals surface area contributed by atoms with E-state index in [2.05, 4.69) is 6.92 Å². The zero-order chi connectivity index (χ0) is 20.6. The van der Waals surface area contributed by atoms with Crippen molar-refractivity contribution in [3.63, 3.8) is 0 Å². The second-order valence-electron chi connectivity index (χ2n) is 8.10. The molecule has 0 heterocycles. The summed E-state index contributed by atoms with van der Waals surface area (Å²) >= 11 is 0. The summed E-state index contributed by atoms with van der Waals surface area (Å²) in [6.07, 6.45) is 15.7. The van der Waals surface area contributed by atoms with E-state index in [0.717, 1.165) is 25.7 Å². The predicted molar refractivity (Wildman–Crippen MR) is 119 cm³/mol. The van der Waals surface area contributed by atoms with Crippen LogP contribution in [0.2, 0.25) is 0 Å². The van der Waals surface area contributed by atoms with Crippen molar-refractivity contribution in [2.75, 3.05) is 13.2 Å². The fraction of sp³-hybridized carbons (Fsp3) is 1.00. The van der Waals surface area contributed by atoms with Gasteiger partial charge in [0.25, 0.3) is 0 Å². The van der Waals surface area contributed by atoms with E-state index < -0.39 is 16.0 Å². The van der Waals surface area contributed by atoms with E-state index in [4.69, 9.17) is 14.1 Å². The molecule has 7 heteroatoms. The van der Waals surface area contributed by atoms with Crippen molar-refractivity contribution in [3.8, 4) is 0 Å². The van der Waals surface area contributed by atoms with Crippen LogP contribution >= 0.6 is 0 Å². The summed E-state index contributed by atoms with van der Waals surface area (Å²) in [5, 5.41) is 0. The van der Waals surface area contributed by atoms with Gasteiger partial charge in [-0.3, -0.25) is 0 Å². The Morgan fingerprint density at radius 3 is 1.75 bits per heavy atom. The summed E-state index contributed by atoms with van der Waals surface area (Å²) in [5.74, 6) is 0.158. The van der Waals surface area contributed by atoms with E-state index in [1.165, 1.54) is 57.8 Å². The lowest BCUT2D eigenvalue weighted by atomic mass is 9.83. The van der Waals surface area contributed by atoms with Gasteiger partial charge in [-0.15, -0.1) is 0 Å². The number of hydrogen-bond donors (Lipinski definition) is 2. The number of unbranched alkanes of at least 4 members (excludes halogenated alkanes) is 9. The van der Waals surface area contributed by atoms with Gasteiger partial charge in [-0.25, -0.2) is 8.37 Å². The molecule has 0 aromatic rings. The first kappa shape index (κ1) is 30.0. The summed E-state index contributed by atoms with van der Waals surface area (Å²) in [4.78, 5) is 0. The van der Waals surface area contributed by atoms with Gasteiger partial charge in [0.1, 0.15) is 0 Å². The maximum atomic E-state index is 11.9. The average Bonchev–Trinajstić information content (AvgIpc) is 2.57. The van der Waals surface area contributed by atoms with Crippen molar-refractivity contribution in [3.05, 3.63) is 0 Å². The van der Waals surface area contributed by atoms with Crippen LogP contribution in [0.5, 0.6) is 0 Å². The molecule has 0 spiro atoms. The Morgan fingerprint density at radius 2 is 1.29 bits per heavy atom. The third-order valence-corrected chi connectivity index (χ3v) is 6.38. The SMILES string of the molecule is CCCCCCCCCCCCC(CCCN)C(C)(C)OS(=O)(=O)OCC.N. The molecule has 28 heavy (non-hydrogen) atoms. The molecule has 0 radical (unpaired) electrons. The van der Waals surface area contributed by atoms with Gasteiger partial charge >= 0.3 is 10.4 Å². The second kappa shape index (κ2) is 17.6. The van der Waals surface area contributed by atoms with Crippen LogP contribution in [0.25, 0.3) is 0 Å². The molecular weight excluding hydrogens is 376 g/mol. The molecule has 0 saturated heterocycles. The third-order valence-electron chi connectivity index (χ3n) is 5.23. The van der Waals surface area contributed by atoms with Crippen molar-refractivity contribution in [1.82, 2.24) is 6.15 Å². The van der Waals surface area contributed by atoms with E-state index >= 15 is 0 Å². The zero-order valence-electron chi connectivity index (χ0n) is 19.0. The van der Waals surface area contributed by atoms with Crippen molar-refractivity contribution >= 4 is 10.4 Å². The minimum atomic E-state index is -3.94. The van der Waals surface area contributed by atoms with Gasteiger partial charge in [-0.05, 0) is 52.5 Å². The van der Waals surface area contributed by atoms with E-state index in [1.54, 1.807) is 6.92 Å².